The fourth-order valence-corrected chi connectivity index (χ4v) is 2.49. The van der Waals surface area contributed by atoms with Crippen LogP contribution in [0.1, 0.15) is 21.5 Å². The fourth-order valence-electron chi connectivity index (χ4n) is 2.49. The third-order valence-electron chi connectivity index (χ3n) is 3.63. The standard InChI is InChI=1S/C17H13NO6/c1-22-15-8-10(13(18(20)21)9-16(15)23-2)7-14-11-5-3-4-6-12(11)17(19)24-14/h3-9H,1-2H3/b14-7-. The van der Waals surface area contributed by atoms with Gasteiger partial charge in [0.1, 0.15) is 5.76 Å². The van der Waals surface area contributed by atoms with Gasteiger partial charge in [-0.2, -0.15) is 0 Å². The zero-order chi connectivity index (χ0) is 17.3. The summed E-state index contributed by atoms with van der Waals surface area (Å²) in [6.07, 6.45) is 1.45. The van der Waals surface area contributed by atoms with Crippen molar-refractivity contribution in [3.63, 3.8) is 0 Å². The highest BCUT2D eigenvalue weighted by molar-refractivity contribution is 6.06. The minimum Gasteiger partial charge on any atom is -0.493 e. The Bertz CT molecular complexity index is 871. The molecular formula is C17H13NO6. The molecule has 1 heterocycles. The van der Waals surface area contributed by atoms with Crippen molar-refractivity contribution in [3.8, 4) is 11.5 Å². The van der Waals surface area contributed by atoms with Gasteiger partial charge in [-0.3, -0.25) is 10.1 Å². The Hall–Kier alpha value is -3.35. The lowest BCUT2D eigenvalue weighted by atomic mass is 10.1. The van der Waals surface area contributed by atoms with Crippen LogP contribution >= 0.6 is 0 Å². The van der Waals surface area contributed by atoms with E-state index in [0.29, 0.717) is 16.9 Å². The second kappa shape index (κ2) is 6.04. The molecular weight excluding hydrogens is 314 g/mol. The summed E-state index contributed by atoms with van der Waals surface area (Å²) in [5, 5.41) is 11.3. The van der Waals surface area contributed by atoms with Gasteiger partial charge in [-0.05, 0) is 18.2 Å². The molecule has 7 heteroatoms. The van der Waals surface area contributed by atoms with E-state index in [1.54, 1.807) is 24.3 Å². The fraction of sp³-hybridized carbons (Fsp3) is 0.118. The number of carbonyl (C=O) groups excluding carboxylic acids is 1. The molecule has 2 aromatic carbocycles. The first kappa shape index (κ1) is 15.5. The van der Waals surface area contributed by atoms with Crippen molar-refractivity contribution < 1.29 is 23.9 Å². The SMILES string of the molecule is COc1cc(/C=C2\OC(=O)c3ccccc32)c([N+](=O)[O-])cc1OC. The summed E-state index contributed by atoms with van der Waals surface area (Å²) in [4.78, 5) is 22.7. The van der Waals surface area contributed by atoms with E-state index in [0.717, 1.165) is 0 Å². The molecule has 7 nitrogen and oxygen atoms in total. The molecule has 0 unspecified atom stereocenters. The molecule has 0 bridgehead atoms. The number of esters is 1. The van der Waals surface area contributed by atoms with Gasteiger partial charge in [0.25, 0.3) is 5.69 Å². The number of fused-ring (bicyclic) bond motifs is 1. The average molecular weight is 327 g/mol. The average Bonchev–Trinajstić information content (AvgIpc) is 2.90. The molecule has 122 valence electrons. The topological polar surface area (TPSA) is 87.9 Å². The largest absolute Gasteiger partial charge is 0.493 e. The van der Waals surface area contributed by atoms with E-state index in [2.05, 4.69) is 0 Å². The van der Waals surface area contributed by atoms with Gasteiger partial charge in [-0.25, -0.2) is 4.79 Å². The number of rotatable bonds is 4. The van der Waals surface area contributed by atoms with Crippen LogP contribution in [0.25, 0.3) is 11.8 Å². The highest BCUT2D eigenvalue weighted by atomic mass is 16.6. The molecule has 0 aliphatic carbocycles. The Morgan fingerprint density at radius 1 is 1.08 bits per heavy atom. The lowest BCUT2D eigenvalue weighted by Crippen LogP contribution is -1.97. The molecule has 0 atom stereocenters. The molecule has 1 aliphatic rings. The van der Waals surface area contributed by atoms with Crippen molar-refractivity contribution in [1.82, 2.24) is 0 Å². The summed E-state index contributed by atoms with van der Waals surface area (Å²) in [6.45, 7) is 0. The van der Waals surface area contributed by atoms with Gasteiger partial charge in [0.15, 0.2) is 11.5 Å². The van der Waals surface area contributed by atoms with Crippen LogP contribution in [-0.2, 0) is 4.74 Å². The molecule has 3 rings (SSSR count). The molecule has 0 saturated heterocycles. The number of nitrogens with zero attached hydrogens (tertiary/aromatic N) is 1. The summed E-state index contributed by atoms with van der Waals surface area (Å²) >= 11 is 0. The van der Waals surface area contributed by atoms with Crippen LogP contribution in [0.2, 0.25) is 0 Å². The summed E-state index contributed by atoms with van der Waals surface area (Å²) in [6, 6.07) is 9.59. The summed E-state index contributed by atoms with van der Waals surface area (Å²) in [5.41, 5.74) is 1.08. The molecule has 0 spiro atoms. The van der Waals surface area contributed by atoms with Crippen LogP contribution in [0.5, 0.6) is 11.5 Å². The maximum absolute atomic E-state index is 11.9. The van der Waals surface area contributed by atoms with E-state index < -0.39 is 10.9 Å². The first-order valence-corrected chi connectivity index (χ1v) is 6.99. The predicted octanol–water partition coefficient (Wildman–Crippen LogP) is 3.28. The van der Waals surface area contributed by atoms with Gasteiger partial charge in [0.05, 0.1) is 36.3 Å². The smallest absolute Gasteiger partial charge is 0.344 e. The molecule has 0 N–H and O–H groups in total. The molecule has 0 radical (unpaired) electrons. The van der Waals surface area contributed by atoms with Crippen molar-refractivity contribution in [2.75, 3.05) is 14.2 Å². The van der Waals surface area contributed by atoms with Gasteiger partial charge in [-0.1, -0.05) is 18.2 Å². The van der Waals surface area contributed by atoms with Crippen molar-refractivity contribution >= 4 is 23.5 Å². The van der Waals surface area contributed by atoms with Gasteiger partial charge >= 0.3 is 5.97 Å². The van der Waals surface area contributed by atoms with Crippen molar-refractivity contribution in [2.24, 2.45) is 0 Å². The molecule has 1 aliphatic heterocycles. The zero-order valence-electron chi connectivity index (χ0n) is 12.9. The second-order valence-electron chi connectivity index (χ2n) is 4.97. The second-order valence-corrected chi connectivity index (χ2v) is 4.97. The number of nitro benzene ring substituents is 1. The van der Waals surface area contributed by atoms with E-state index in [4.69, 9.17) is 14.2 Å². The Labute approximate surface area is 137 Å². The van der Waals surface area contributed by atoms with Crippen LogP contribution in [0.15, 0.2) is 36.4 Å². The van der Waals surface area contributed by atoms with Crippen LogP contribution < -0.4 is 9.47 Å². The number of carbonyl (C=O) groups is 1. The van der Waals surface area contributed by atoms with Crippen molar-refractivity contribution in [3.05, 3.63) is 63.2 Å². The number of nitro groups is 1. The predicted molar refractivity (Wildman–Crippen MR) is 85.9 cm³/mol. The van der Waals surface area contributed by atoms with E-state index in [-0.39, 0.29) is 22.8 Å². The number of cyclic esters (lactones) is 1. The molecule has 0 fully saturated rings. The minimum absolute atomic E-state index is 0.180. The quantitative estimate of drug-likeness (QED) is 0.486. The monoisotopic (exact) mass is 327 g/mol. The van der Waals surface area contributed by atoms with Crippen molar-refractivity contribution in [1.29, 1.82) is 0 Å². The molecule has 0 aromatic heterocycles. The Balaban J connectivity index is 2.17. The van der Waals surface area contributed by atoms with Gasteiger partial charge in [-0.15, -0.1) is 0 Å². The summed E-state index contributed by atoms with van der Waals surface area (Å²) < 4.78 is 15.5. The van der Waals surface area contributed by atoms with Gasteiger partial charge in [0.2, 0.25) is 0 Å². The molecule has 0 saturated carbocycles. The van der Waals surface area contributed by atoms with Crippen LogP contribution in [-0.4, -0.2) is 25.1 Å². The van der Waals surface area contributed by atoms with E-state index in [1.807, 2.05) is 0 Å². The number of methoxy groups -OCH3 is 2. The normalized spacial score (nSPS) is 14.2. The number of hydrogen-bond donors (Lipinski definition) is 0. The molecule has 0 amide bonds. The third-order valence-corrected chi connectivity index (χ3v) is 3.63. The van der Waals surface area contributed by atoms with Crippen molar-refractivity contribution in [2.45, 2.75) is 0 Å². The number of ether oxygens (including phenoxy) is 3. The van der Waals surface area contributed by atoms with Gasteiger partial charge in [0, 0.05) is 5.56 Å². The number of hydrogen-bond acceptors (Lipinski definition) is 6. The van der Waals surface area contributed by atoms with E-state index in [9.17, 15) is 14.9 Å². The number of benzene rings is 2. The third kappa shape index (κ3) is 2.56. The van der Waals surface area contributed by atoms with Crippen LogP contribution in [0.4, 0.5) is 5.69 Å². The summed E-state index contributed by atoms with van der Waals surface area (Å²) in [5.74, 6) is 0.355. The minimum atomic E-state index is -0.531. The van der Waals surface area contributed by atoms with Crippen LogP contribution in [0, 0.1) is 10.1 Å². The molecule has 24 heavy (non-hydrogen) atoms. The zero-order valence-corrected chi connectivity index (χ0v) is 12.9. The highest BCUT2D eigenvalue weighted by Gasteiger charge is 2.27. The van der Waals surface area contributed by atoms with E-state index in [1.165, 1.54) is 32.4 Å². The lowest BCUT2D eigenvalue weighted by molar-refractivity contribution is -0.385. The lowest BCUT2D eigenvalue weighted by Gasteiger charge is -2.09. The first-order valence-electron chi connectivity index (χ1n) is 6.99. The summed E-state index contributed by atoms with van der Waals surface area (Å²) in [7, 11) is 2.83. The Kier molecular flexibility index (Phi) is 3.91. The first-order chi connectivity index (χ1) is 11.5. The van der Waals surface area contributed by atoms with Crippen LogP contribution in [0.3, 0.4) is 0 Å². The Morgan fingerprint density at radius 2 is 1.71 bits per heavy atom. The highest BCUT2D eigenvalue weighted by Crippen LogP contribution is 2.38. The van der Waals surface area contributed by atoms with E-state index >= 15 is 0 Å². The molecule has 2 aromatic rings. The van der Waals surface area contributed by atoms with Gasteiger partial charge < -0.3 is 14.2 Å². The maximum Gasteiger partial charge on any atom is 0.344 e. The Morgan fingerprint density at radius 3 is 2.33 bits per heavy atom. The maximum atomic E-state index is 11.9.